The number of aromatic nitrogens is 1. The van der Waals surface area contributed by atoms with Crippen molar-refractivity contribution in [2.24, 2.45) is 0 Å². The van der Waals surface area contributed by atoms with E-state index in [1.54, 1.807) is 0 Å². The lowest BCUT2D eigenvalue weighted by atomic mass is 9.80. The van der Waals surface area contributed by atoms with Crippen LogP contribution in [0.4, 0.5) is 0 Å². The predicted octanol–water partition coefficient (Wildman–Crippen LogP) is 4.12. The second-order valence-corrected chi connectivity index (χ2v) is 7.91. The Hall–Kier alpha value is -1.17. The van der Waals surface area contributed by atoms with Crippen molar-refractivity contribution in [3.8, 4) is 11.3 Å². The van der Waals surface area contributed by atoms with Crippen LogP contribution in [-0.2, 0) is 9.31 Å². The summed E-state index contributed by atoms with van der Waals surface area (Å²) in [5.41, 5.74) is 3.47. The van der Waals surface area contributed by atoms with Crippen molar-refractivity contribution in [3.63, 3.8) is 0 Å². The van der Waals surface area contributed by atoms with E-state index in [4.69, 9.17) is 9.31 Å². The van der Waals surface area contributed by atoms with Crippen molar-refractivity contribution < 1.29 is 9.31 Å². The summed E-state index contributed by atoms with van der Waals surface area (Å²) >= 11 is 3.63. The molecule has 1 aromatic heterocycles. The van der Waals surface area contributed by atoms with Gasteiger partial charge in [0, 0.05) is 21.7 Å². The van der Waals surface area contributed by atoms with E-state index >= 15 is 0 Å². The topological polar surface area (TPSA) is 31.4 Å². The smallest absolute Gasteiger partial charge is 0.399 e. The van der Waals surface area contributed by atoms with E-state index in [0.29, 0.717) is 0 Å². The van der Waals surface area contributed by atoms with Gasteiger partial charge in [-0.2, -0.15) is 0 Å². The van der Waals surface area contributed by atoms with E-state index in [-0.39, 0.29) is 11.2 Å². The zero-order valence-electron chi connectivity index (χ0n) is 14.2. The maximum Gasteiger partial charge on any atom is 0.496 e. The molecule has 0 N–H and O–H groups in total. The van der Waals surface area contributed by atoms with E-state index in [1.807, 2.05) is 12.3 Å². The maximum atomic E-state index is 6.08. The first kappa shape index (κ1) is 16.7. The van der Waals surface area contributed by atoms with E-state index in [1.165, 1.54) is 5.56 Å². The zero-order valence-corrected chi connectivity index (χ0v) is 15.8. The molecule has 0 atom stereocenters. The predicted molar refractivity (Wildman–Crippen MR) is 97.8 cm³/mol. The van der Waals surface area contributed by atoms with Gasteiger partial charge in [-0.3, -0.25) is 4.98 Å². The highest BCUT2D eigenvalue weighted by Crippen LogP contribution is 2.36. The molecule has 0 unspecified atom stereocenters. The van der Waals surface area contributed by atoms with Crippen LogP contribution in [0.5, 0.6) is 0 Å². The fraction of sp³-hybridized carbons (Fsp3) is 0.389. The van der Waals surface area contributed by atoms with Crippen molar-refractivity contribution in [1.82, 2.24) is 4.98 Å². The van der Waals surface area contributed by atoms with Crippen LogP contribution in [0.15, 0.2) is 41.0 Å². The lowest BCUT2D eigenvalue weighted by Crippen LogP contribution is -2.41. The normalized spacial score (nSPS) is 19.1. The molecular formula is C18H21BBrNO2. The van der Waals surface area contributed by atoms with Crippen LogP contribution < -0.4 is 5.46 Å². The minimum atomic E-state index is -0.393. The van der Waals surface area contributed by atoms with Gasteiger partial charge in [-0.05, 0) is 56.6 Å². The molecular weight excluding hydrogens is 353 g/mol. The van der Waals surface area contributed by atoms with Crippen LogP contribution in [0, 0.1) is 6.92 Å². The number of halogens is 1. The highest BCUT2D eigenvalue weighted by molar-refractivity contribution is 9.10. The Morgan fingerprint density at radius 2 is 1.57 bits per heavy atom. The number of pyridine rings is 1. The van der Waals surface area contributed by atoms with Crippen LogP contribution in [-0.4, -0.2) is 23.3 Å². The molecule has 0 spiro atoms. The van der Waals surface area contributed by atoms with Crippen LogP contribution in [0.2, 0.25) is 0 Å². The van der Waals surface area contributed by atoms with Gasteiger partial charge in [0.1, 0.15) is 0 Å². The summed E-state index contributed by atoms with van der Waals surface area (Å²) < 4.78 is 13.1. The Bertz CT molecular complexity index is 712. The summed E-state index contributed by atoms with van der Waals surface area (Å²) in [5.74, 6) is 0. The molecule has 0 amide bonds. The summed E-state index contributed by atoms with van der Waals surface area (Å²) in [6.07, 6.45) is 1.84. The highest BCUT2D eigenvalue weighted by Gasteiger charge is 2.51. The Morgan fingerprint density at radius 1 is 1.00 bits per heavy atom. The average Bonchev–Trinajstić information content (AvgIpc) is 2.68. The molecule has 1 aliphatic heterocycles. The molecule has 0 saturated carbocycles. The van der Waals surface area contributed by atoms with Crippen molar-refractivity contribution in [3.05, 3.63) is 46.6 Å². The highest BCUT2D eigenvalue weighted by atomic mass is 79.9. The molecule has 5 heteroatoms. The molecule has 3 rings (SSSR count). The number of benzene rings is 1. The van der Waals surface area contributed by atoms with Gasteiger partial charge in [-0.1, -0.05) is 29.8 Å². The molecule has 1 saturated heterocycles. The molecule has 23 heavy (non-hydrogen) atoms. The first-order chi connectivity index (χ1) is 10.7. The van der Waals surface area contributed by atoms with Gasteiger partial charge >= 0.3 is 7.12 Å². The van der Waals surface area contributed by atoms with Gasteiger partial charge in [0.15, 0.2) is 0 Å². The number of hydrogen-bond donors (Lipinski definition) is 0. The Kier molecular flexibility index (Phi) is 4.15. The maximum absolute atomic E-state index is 6.08. The minimum absolute atomic E-state index is 0.347. The fourth-order valence-corrected chi connectivity index (χ4v) is 3.08. The summed E-state index contributed by atoms with van der Waals surface area (Å²) in [7, 11) is -0.393. The molecule has 2 heterocycles. The van der Waals surface area contributed by atoms with E-state index in [2.05, 4.69) is 79.8 Å². The SMILES string of the molecule is Cc1ccc(-c2ncc(B3OC(C)(C)C(C)(C)O3)cc2Br)cc1. The summed E-state index contributed by atoms with van der Waals surface area (Å²) in [6.45, 7) is 10.3. The molecule has 1 aliphatic rings. The molecule has 2 aromatic rings. The standard InChI is InChI=1S/C18H21BBrNO2/c1-12-6-8-13(9-7-12)16-15(20)10-14(11-21-16)19-22-17(2,3)18(4,5)23-19/h6-11H,1-5H3. The van der Waals surface area contributed by atoms with E-state index in [9.17, 15) is 0 Å². The van der Waals surface area contributed by atoms with Crippen molar-refractivity contribution in [1.29, 1.82) is 0 Å². The molecule has 0 bridgehead atoms. The van der Waals surface area contributed by atoms with Gasteiger partial charge in [-0.15, -0.1) is 0 Å². The van der Waals surface area contributed by atoms with Gasteiger partial charge in [0.25, 0.3) is 0 Å². The van der Waals surface area contributed by atoms with Crippen LogP contribution in [0.1, 0.15) is 33.3 Å². The Balaban J connectivity index is 1.90. The van der Waals surface area contributed by atoms with Gasteiger partial charge in [0.05, 0.1) is 16.9 Å². The van der Waals surface area contributed by atoms with E-state index < -0.39 is 7.12 Å². The van der Waals surface area contributed by atoms with Gasteiger partial charge < -0.3 is 9.31 Å². The largest absolute Gasteiger partial charge is 0.496 e. The monoisotopic (exact) mass is 373 g/mol. The Labute approximate surface area is 146 Å². The number of aryl methyl sites for hydroxylation is 1. The lowest BCUT2D eigenvalue weighted by molar-refractivity contribution is 0.00578. The van der Waals surface area contributed by atoms with Crippen LogP contribution >= 0.6 is 15.9 Å². The number of hydrogen-bond acceptors (Lipinski definition) is 3. The average molecular weight is 374 g/mol. The second-order valence-electron chi connectivity index (χ2n) is 7.05. The third kappa shape index (κ3) is 3.10. The second kappa shape index (κ2) is 5.73. The third-order valence-electron chi connectivity index (χ3n) is 4.71. The molecule has 120 valence electrons. The molecule has 0 aliphatic carbocycles. The summed E-state index contributed by atoms with van der Waals surface area (Å²) in [5, 5.41) is 0. The first-order valence-electron chi connectivity index (χ1n) is 7.78. The number of rotatable bonds is 2. The fourth-order valence-electron chi connectivity index (χ4n) is 2.48. The molecule has 1 fully saturated rings. The minimum Gasteiger partial charge on any atom is -0.399 e. The summed E-state index contributed by atoms with van der Waals surface area (Å²) in [4.78, 5) is 4.61. The van der Waals surface area contributed by atoms with Gasteiger partial charge in [0.2, 0.25) is 0 Å². The van der Waals surface area contributed by atoms with Crippen LogP contribution in [0.25, 0.3) is 11.3 Å². The van der Waals surface area contributed by atoms with Gasteiger partial charge in [-0.25, -0.2) is 0 Å². The van der Waals surface area contributed by atoms with Crippen molar-refractivity contribution in [2.75, 3.05) is 0 Å². The summed E-state index contributed by atoms with van der Waals surface area (Å²) in [6, 6.07) is 10.4. The van der Waals surface area contributed by atoms with E-state index in [0.717, 1.165) is 21.2 Å². The van der Waals surface area contributed by atoms with Crippen molar-refractivity contribution in [2.45, 2.75) is 45.8 Å². The molecule has 3 nitrogen and oxygen atoms in total. The zero-order chi connectivity index (χ0) is 16.8. The molecule has 0 radical (unpaired) electrons. The Morgan fingerprint density at radius 3 is 2.09 bits per heavy atom. The third-order valence-corrected chi connectivity index (χ3v) is 5.32. The van der Waals surface area contributed by atoms with Crippen molar-refractivity contribution >= 4 is 28.5 Å². The number of nitrogens with zero attached hydrogens (tertiary/aromatic N) is 1. The molecule has 1 aromatic carbocycles. The van der Waals surface area contributed by atoms with Crippen LogP contribution in [0.3, 0.4) is 0 Å². The quantitative estimate of drug-likeness (QED) is 0.742. The first-order valence-corrected chi connectivity index (χ1v) is 8.57. The lowest BCUT2D eigenvalue weighted by Gasteiger charge is -2.32.